The molecule has 1 aliphatic rings. The van der Waals surface area contributed by atoms with Gasteiger partial charge in [-0.1, -0.05) is 22.9 Å². The standard InChI is InChI=1S/C28H37ClN4O6S2.ClH/c1-21-24(29)9-10-25-26(21)30-28(40-25)33(12-4-11-31-13-19-39-20-14-31)27(34)22-5-7-23(8-6-22)41(35,36)32(15-17-37-2)16-18-38-3;/h5-10H,4,11-20H2,1-3H3;1H. The summed E-state index contributed by atoms with van der Waals surface area (Å²) < 4.78 is 44.5. The van der Waals surface area contributed by atoms with Gasteiger partial charge in [0.15, 0.2) is 5.13 Å². The maximum Gasteiger partial charge on any atom is 0.260 e. The van der Waals surface area contributed by atoms with E-state index in [-0.39, 0.29) is 49.5 Å². The summed E-state index contributed by atoms with van der Waals surface area (Å²) in [5.41, 5.74) is 2.02. The Morgan fingerprint density at radius 3 is 2.31 bits per heavy atom. The highest BCUT2D eigenvalue weighted by atomic mass is 35.5. The van der Waals surface area contributed by atoms with Crippen molar-refractivity contribution < 1.29 is 27.4 Å². The van der Waals surface area contributed by atoms with E-state index in [9.17, 15) is 13.2 Å². The Hall–Kier alpha value is -1.87. The Balaban J connectivity index is 0.00000484. The Kier molecular flexibility index (Phi) is 13.4. The van der Waals surface area contributed by atoms with E-state index in [0.29, 0.717) is 35.5 Å². The fourth-order valence-electron chi connectivity index (χ4n) is 4.58. The number of ether oxygens (including phenoxy) is 3. The Bertz CT molecular complexity index is 1410. The molecule has 0 aliphatic carbocycles. The van der Waals surface area contributed by atoms with E-state index >= 15 is 0 Å². The predicted molar refractivity (Wildman–Crippen MR) is 169 cm³/mol. The molecule has 0 spiro atoms. The topological polar surface area (TPSA) is 102 Å². The number of hydrogen-bond acceptors (Lipinski definition) is 9. The third-order valence-electron chi connectivity index (χ3n) is 7.00. The molecular formula is C28H38Cl2N4O6S2. The smallest absolute Gasteiger partial charge is 0.260 e. The van der Waals surface area contributed by atoms with Crippen LogP contribution in [0.2, 0.25) is 5.02 Å². The van der Waals surface area contributed by atoms with E-state index in [1.807, 2.05) is 19.1 Å². The van der Waals surface area contributed by atoms with Crippen molar-refractivity contribution >= 4 is 66.6 Å². The lowest BCUT2D eigenvalue weighted by Gasteiger charge is -2.27. The monoisotopic (exact) mass is 660 g/mol. The fraction of sp³-hybridized carbons (Fsp3) is 0.500. The first kappa shape index (κ1) is 34.6. The SMILES string of the molecule is COCCN(CCOC)S(=O)(=O)c1ccc(C(=O)N(CCCN2CCOCC2)c2nc3c(C)c(Cl)ccc3s2)cc1.Cl. The molecule has 42 heavy (non-hydrogen) atoms. The number of aromatic nitrogens is 1. The van der Waals surface area contributed by atoms with Gasteiger partial charge in [0.2, 0.25) is 10.0 Å². The zero-order valence-electron chi connectivity index (χ0n) is 24.1. The van der Waals surface area contributed by atoms with Crippen LogP contribution in [0, 0.1) is 6.92 Å². The summed E-state index contributed by atoms with van der Waals surface area (Å²) in [5.74, 6) is -0.241. The van der Waals surface area contributed by atoms with E-state index in [0.717, 1.165) is 41.8 Å². The molecule has 2 aromatic carbocycles. The van der Waals surface area contributed by atoms with Crippen molar-refractivity contribution in [1.29, 1.82) is 0 Å². The zero-order valence-corrected chi connectivity index (χ0v) is 27.3. The number of sulfonamides is 1. The van der Waals surface area contributed by atoms with Gasteiger partial charge in [0.1, 0.15) is 0 Å². The average Bonchev–Trinajstić information content (AvgIpc) is 3.42. The lowest BCUT2D eigenvalue weighted by atomic mass is 10.2. The van der Waals surface area contributed by atoms with Gasteiger partial charge in [0.05, 0.1) is 41.5 Å². The number of carbonyl (C=O) groups excluding carboxylic acids is 1. The zero-order chi connectivity index (χ0) is 29.4. The molecule has 14 heteroatoms. The molecule has 0 bridgehead atoms. The third-order valence-corrected chi connectivity index (χ3v) is 10.4. The first-order valence-electron chi connectivity index (χ1n) is 13.5. The van der Waals surface area contributed by atoms with Crippen LogP contribution in [0.25, 0.3) is 10.2 Å². The quantitative estimate of drug-likeness (QED) is 0.252. The number of thiazole rings is 1. The highest BCUT2D eigenvalue weighted by molar-refractivity contribution is 7.89. The number of methoxy groups -OCH3 is 2. The van der Waals surface area contributed by atoms with Gasteiger partial charge in [-0.2, -0.15) is 4.31 Å². The van der Waals surface area contributed by atoms with E-state index in [2.05, 4.69) is 4.90 Å². The Morgan fingerprint density at radius 1 is 1.05 bits per heavy atom. The molecule has 1 amide bonds. The Labute approximate surface area is 262 Å². The third kappa shape index (κ3) is 8.40. The van der Waals surface area contributed by atoms with Gasteiger partial charge >= 0.3 is 0 Å². The molecule has 1 aromatic heterocycles. The minimum atomic E-state index is -3.80. The number of halogens is 2. The molecule has 3 aromatic rings. The normalized spacial score (nSPS) is 14.3. The average molecular weight is 662 g/mol. The number of benzene rings is 2. The highest BCUT2D eigenvalue weighted by Crippen LogP contribution is 2.34. The van der Waals surface area contributed by atoms with Crippen LogP contribution in [-0.4, -0.2) is 108 Å². The molecule has 232 valence electrons. The van der Waals surface area contributed by atoms with Crippen LogP contribution in [-0.2, 0) is 24.2 Å². The highest BCUT2D eigenvalue weighted by Gasteiger charge is 2.26. The van der Waals surface area contributed by atoms with Crippen molar-refractivity contribution in [2.75, 3.05) is 84.8 Å². The second-order valence-corrected chi connectivity index (χ2v) is 13.0. The van der Waals surface area contributed by atoms with Gasteiger partial charge < -0.3 is 14.2 Å². The van der Waals surface area contributed by atoms with Crippen molar-refractivity contribution in [3.05, 3.63) is 52.5 Å². The van der Waals surface area contributed by atoms with E-state index < -0.39 is 10.0 Å². The number of carbonyl (C=O) groups is 1. The molecule has 0 N–H and O–H groups in total. The van der Waals surface area contributed by atoms with Crippen molar-refractivity contribution in [3.8, 4) is 0 Å². The van der Waals surface area contributed by atoms with Gasteiger partial charge in [-0.15, -0.1) is 12.4 Å². The summed E-state index contributed by atoms with van der Waals surface area (Å²) in [6.07, 6.45) is 0.752. The molecule has 0 unspecified atom stereocenters. The maximum atomic E-state index is 13.9. The summed E-state index contributed by atoms with van der Waals surface area (Å²) in [6, 6.07) is 9.83. The van der Waals surface area contributed by atoms with E-state index in [4.69, 9.17) is 30.8 Å². The summed E-state index contributed by atoms with van der Waals surface area (Å²) in [7, 11) is -0.757. The molecule has 1 fully saturated rings. The number of amides is 1. The molecule has 0 radical (unpaired) electrons. The van der Waals surface area contributed by atoms with Crippen molar-refractivity contribution in [1.82, 2.24) is 14.2 Å². The second kappa shape index (κ2) is 16.3. The van der Waals surface area contributed by atoms with Gasteiger partial charge in [-0.3, -0.25) is 14.6 Å². The van der Waals surface area contributed by atoms with Crippen LogP contribution in [0.4, 0.5) is 5.13 Å². The van der Waals surface area contributed by atoms with Crippen molar-refractivity contribution in [3.63, 3.8) is 0 Å². The number of anilines is 1. The first-order valence-corrected chi connectivity index (χ1v) is 16.2. The number of morpholine rings is 1. The maximum absolute atomic E-state index is 13.9. The number of fused-ring (bicyclic) bond motifs is 1. The molecule has 1 aliphatic heterocycles. The van der Waals surface area contributed by atoms with Crippen LogP contribution in [0.3, 0.4) is 0 Å². The van der Waals surface area contributed by atoms with Gasteiger partial charge in [0.25, 0.3) is 5.91 Å². The Morgan fingerprint density at radius 2 is 1.69 bits per heavy atom. The van der Waals surface area contributed by atoms with E-state index in [1.54, 1.807) is 17.0 Å². The van der Waals surface area contributed by atoms with Crippen molar-refractivity contribution in [2.45, 2.75) is 18.2 Å². The first-order chi connectivity index (χ1) is 19.8. The molecule has 10 nitrogen and oxygen atoms in total. The van der Waals surface area contributed by atoms with Gasteiger partial charge in [-0.25, -0.2) is 13.4 Å². The number of nitrogens with zero attached hydrogens (tertiary/aromatic N) is 4. The molecule has 0 atom stereocenters. The fourth-order valence-corrected chi connectivity index (χ4v) is 7.19. The van der Waals surface area contributed by atoms with E-state index in [1.165, 1.54) is 42.0 Å². The molecular weight excluding hydrogens is 623 g/mol. The lowest BCUT2D eigenvalue weighted by Crippen LogP contribution is -2.39. The number of rotatable bonds is 14. The summed E-state index contributed by atoms with van der Waals surface area (Å²) >= 11 is 7.78. The van der Waals surface area contributed by atoms with Crippen LogP contribution in [0.5, 0.6) is 0 Å². The molecule has 2 heterocycles. The summed E-state index contributed by atoms with van der Waals surface area (Å²) in [4.78, 5) is 22.8. The molecule has 0 saturated carbocycles. The van der Waals surface area contributed by atoms with Crippen LogP contribution in [0.1, 0.15) is 22.3 Å². The minimum absolute atomic E-state index is 0. The van der Waals surface area contributed by atoms with Crippen LogP contribution < -0.4 is 4.90 Å². The number of hydrogen-bond donors (Lipinski definition) is 0. The lowest BCUT2D eigenvalue weighted by molar-refractivity contribution is 0.0376. The van der Waals surface area contributed by atoms with Crippen molar-refractivity contribution in [2.24, 2.45) is 0 Å². The predicted octanol–water partition coefficient (Wildman–Crippen LogP) is 4.33. The largest absolute Gasteiger partial charge is 0.383 e. The minimum Gasteiger partial charge on any atom is -0.383 e. The summed E-state index contributed by atoms with van der Waals surface area (Å²) in [6.45, 7) is 7.28. The van der Waals surface area contributed by atoms with Crippen LogP contribution in [0.15, 0.2) is 41.3 Å². The molecule has 4 rings (SSSR count). The number of aryl methyl sites for hydroxylation is 1. The van der Waals surface area contributed by atoms with Gasteiger partial charge in [0, 0.05) is 64.1 Å². The van der Waals surface area contributed by atoms with Gasteiger partial charge in [-0.05, 0) is 55.3 Å². The second-order valence-electron chi connectivity index (χ2n) is 9.69. The molecule has 1 saturated heterocycles. The summed E-state index contributed by atoms with van der Waals surface area (Å²) in [5, 5.41) is 1.21. The van der Waals surface area contributed by atoms with Crippen LogP contribution >= 0.6 is 35.3 Å².